The largest absolute Gasteiger partial charge is 0.350 e. The summed E-state index contributed by atoms with van der Waals surface area (Å²) in [5.74, 6) is -0.451. The van der Waals surface area contributed by atoms with E-state index >= 15 is 0 Å². The maximum Gasteiger partial charge on any atom is 0.270 e. The summed E-state index contributed by atoms with van der Waals surface area (Å²) in [5, 5.41) is 8.32. The van der Waals surface area contributed by atoms with Gasteiger partial charge in [-0.2, -0.15) is 0 Å². The Morgan fingerprint density at radius 3 is 2.40 bits per heavy atom. The highest BCUT2D eigenvalue weighted by molar-refractivity contribution is 7.14. The highest BCUT2D eigenvalue weighted by Gasteiger charge is 2.29. The number of aromatic nitrogens is 1. The Morgan fingerprint density at radius 2 is 1.84 bits per heavy atom. The SMILES string of the molecule is CCC(CC)(CNC(=O)c1csc(NC(C)=O)n1)c1ccc(Cl)cc1. The molecule has 0 saturated heterocycles. The van der Waals surface area contributed by atoms with E-state index in [2.05, 4.69) is 29.5 Å². The predicted molar refractivity (Wildman–Crippen MR) is 102 cm³/mol. The molecular formula is C18H22ClN3O2S. The average molecular weight is 380 g/mol. The fourth-order valence-electron chi connectivity index (χ4n) is 2.74. The minimum absolute atomic E-state index is 0.156. The zero-order valence-electron chi connectivity index (χ0n) is 14.6. The summed E-state index contributed by atoms with van der Waals surface area (Å²) >= 11 is 7.22. The summed E-state index contributed by atoms with van der Waals surface area (Å²) in [6.45, 7) is 6.14. The smallest absolute Gasteiger partial charge is 0.270 e. The average Bonchev–Trinajstić information content (AvgIpc) is 3.05. The number of halogens is 1. The molecule has 2 aromatic rings. The maximum atomic E-state index is 12.4. The number of thiazole rings is 1. The Balaban J connectivity index is 2.10. The van der Waals surface area contributed by atoms with Gasteiger partial charge in [0.2, 0.25) is 5.91 Å². The summed E-state index contributed by atoms with van der Waals surface area (Å²) < 4.78 is 0. The lowest BCUT2D eigenvalue weighted by molar-refractivity contribution is -0.114. The Kier molecular flexibility index (Phi) is 6.56. The van der Waals surface area contributed by atoms with Gasteiger partial charge in [0.25, 0.3) is 5.91 Å². The molecule has 0 fully saturated rings. The number of nitrogens with one attached hydrogen (secondary N) is 2. The Labute approximate surface area is 156 Å². The predicted octanol–water partition coefficient (Wildman–Crippen LogP) is 4.24. The van der Waals surface area contributed by atoms with Gasteiger partial charge in [-0.05, 0) is 30.5 Å². The monoisotopic (exact) mass is 379 g/mol. The van der Waals surface area contributed by atoms with Crippen molar-refractivity contribution in [3.05, 3.63) is 45.9 Å². The van der Waals surface area contributed by atoms with Gasteiger partial charge in [0.15, 0.2) is 5.13 Å². The Morgan fingerprint density at radius 1 is 1.20 bits per heavy atom. The number of hydrogen-bond acceptors (Lipinski definition) is 4. The summed E-state index contributed by atoms with van der Waals surface area (Å²) in [6.07, 6.45) is 1.78. The molecule has 0 unspecified atom stereocenters. The van der Waals surface area contributed by atoms with Gasteiger partial charge < -0.3 is 10.6 Å². The fourth-order valence-corrected chi connectivity index (χ4v) is 3.60. The third-order valence-corrected chi connectivity index (χ3v) is 5.43. The van der Waals surface area contributed by atoms with Crippen LogP contribution in [0.15, 0.2) is 29.6 Å². The molecule has 0 radical (unpaired) electrons. The number of carbonyl (C=O) groups is 2. The second-order valence-corrected chi connectivity index (χ2v) is 7.19. The number of hydrogen-bond donors (Lipinski definition) is 2. The molecule has 0 saturated carbocycles. The standard InChI is InChI=1S/C18H22ClN3O2S/c1-4-18(5-2,13-6-8-14(19)9-7-13)11-20-16(24)15-10-25-17(22-15)21-12(3)23/h6-10H,4-5,11H2,1-3H3,(H,20,24)(H,21,22,23). The molecule has 5 nitrogen and oxygen atoms in total. The number of benzene rings is 1. The lowest BCUT2D eigenvalue weighted by Crippen LogP contribution is -2.40. The van der Waals surface area contributed by atoms with Gasteiger partial charge in [0.05, 0.1) is 0 Å². The molecule has 1 aromatic carbocycles. The van der Waals surface area contributed by atoms with Crippen molar-refractivity contribution in [3.63, 3.8) is 0 Å². The molecule has 0 spiro atoms. The third kappa shape index (κ3) is 4.80. The van der Waals surface area contributed by atoms with Crippen molar-refractivity contribution in [1.82, 2.24) is 10.3 Å². The first-order chi connectivity index (χ1) is 11.9. The first kappa shape index (κ1) is 19.4. The van der Waals surface area contributed by atoms with E-state index in [9.17, 15) is 9.59 Å². The molecular weight excluding hydrogens is 358 g/mol. The molecule has 0 aliphatic rings. The van der Waals surface area contributed by atoms with Crippen LogP contribution in [0.1, 0.15) is 49.7 Å². The molecule has 134 valence electrons. The number of nitrogens with zero attached hydrogens (tertiary/aromatic N) is 1. The summed E-state index contributed by atoms with van der Waals surface area (Å²) in [7, 11) is 0. The van der Waals surface area contributed by atoms with E-state index in [0.717, 1.165) is 18.4 Å². The molecule has 2 rings (SSSR count). The van der Waals surface area contributed by atoms with Crippen molar-refractivity contribution in [2.24, 2.45) is 0 Å². The lowest BCUT2D eigenvalue weighted by Gasteiger charge is -2.32. The third-order valence-electron chi connectivity index (χ3n) is 4.42. The zero-order valence-corrected chi connectivity index (χ0v) is 16.1. The van der Waals surface area contributed by atoms with Crippen LogP contribution in [0.3, 0.4) is 0 Å². The second-order valence-electron chi connectivity index (χ2n) is 5.90. The summed E-state index contributed by atoms with van der Waals surface area (Å²) in [4.78, 5) is 27.6. The van der Waals surface area contributed by atoms with Crippen LogP contribution in [-0.2, 0) is 10.2 Å². The molecule has 1 heterocycles. The fraction of sp³-hybridized carbons (Fsp3) is 0.389. The first-order valence-electron chi connectivity index (χ1n) is 8.17. The van der Waals surface area contributed by atoms with Crippen LogP contribution in [0.2, 0.25) is 5.02 Å². The van der Waals surface area contributed by atoms with E-state index in [-0.39, 0.29) is 17.2 Å². The highest BCUT2D eigenvalue weighted by atomic mass is 35.5. The lowest BCUT2D eigenvalue weighted by atomic mass is 9.76. The summed E-state index contributed by atoms with van der Waals surface area (Å²) in [5.41, 5.74) is 1.31. The van der Waals surface area contributed by atoms with Gasteiger partial charge in [-0.15, -0.1) is 11.3 Å². The minimum atomic E-state index is -0.243. The van der Waals surface area contributed by atoms with Crippen LogP contribution in [0, 0.1) is 0 Å². The molecule has 25 heavy (non-hydrogen) atoms. The van der Waals surface area contributed by atoms with E-state index in [4.69, 9.17) is 11.6 Å². The van der Waals surface area contributed by atoms with Crippen molar-refractivity contribution in [3.8, 4) is 0 Å². The number of amides is 2. The van der Waals surface area contributed by atoms with Crippen LogP contribution in [0.25, 0.3) is 0 Å². The summed E-state index contributed by atoms with van der Waals surface area (Å²) in [6, 6.07) is 7.77. The van der Waals surface area contributed by atoms with E-state index in [0.29, 0.717) is 22.4 Å². The van der Waals surface area contributed by atoms with Crippen molar-refractivity contribution in [2.45, 2.75) is 39.0 Å². The van der Waals surface area contributed by atoms with Gasteiger partial charge in [-0.1, -0.05) is 37.6 Å². The molecule has 0 aliphatic heterocycles. The minimum Gasteiger partial charge on any atom is -0.350 e. The van der Waals surface area contributed by atoms with E-state index < -0.39 is 0 Å². The van der Waals surface area contributed by atoms with Gasteiger partial charge in [0.1, 0.15) is 5.69 Å². The van der Waals surface area contributed by atoms with Crippen LogP contribution in [-0.4, -0.2) is 23.3 Å². The van der Waals surface area contributed by atoms with Crippen LogP contribution < -0.4 is 10.6 Å². The highest BCUT2D eigenvalue weighted by Crippen LogP contribution is 2.32. The topological polar surface area (TPSA) is 71.1 Å². The molecule has 2 N–H and O–H groups in total. The van der Waals surface area contributed by atoms with Crippen molar-refractivity contribution in [1.29, 1.82) is 0 Å². The first-order valence-corrected chi connectivity index (χ1v) is 9.43. The van der Waals surface area contributed by atoms with Gasteiger partial charge in [-0.25, -0.2) is 4.98 Å². The molecule has 1 aromatic heterocycles. The van der Waals surface area contributed by atoms with E-state index in [1.165, 1.54) is 18.3 Å². The normalized spacial score (nSPS) is 11.2. The molecule has 0 bridgehead atoms. The Hall–Kier alpha value is -1.92. The quantitative estimate of drug-likeness (QED) is 0.755. The van der Waals surface area contributed by atoms with Crippen molar-refractivity contribution < 1.29 is 9.59 Å². The zero-order chi connectivity index (χ0) is 18.4. The Bertz CT molecular complexity index is 739. The van der Waals surface area contributed by atoms with Crippen molar-refractivity contribution >= 4 is 39.9 Å². The van der Waals surface area contributed by atoms with Gasteiger partial charge in [-0.3, -0.25) is 9.59 Å². The van der Waals surface area contributed by atoms with E-state index in [1.807, 2.05) is 24.3 Å². The number of anilines is 1. The van der Waals surface area contributed by atoms with Crippen LogP contribution in [0.5, 0.6) is 0 Å². The van der Waals surface area contributed by atoms with E-state index in [1.54, 1.807) is 5.38 Å². The second kappa shape index (κ2) is 8.45. The molecule has 2 amide bonds. The molecule has 7 heteroatoms. The number of rotatable bonds is 7. The van der Waals surface area contributed by atoms with Gasteiger partial charge in [0, 0.05) is 29.3 Å². The van der Waals surface area contributed by atoms with Crippen LogP contribution >= 0.6 is 22.9 Å². The van der Waals surface area contributed by atoms with Crippen LogP contribution in [0.4, 0.5) is 5.13 Å². The molecule has 0 aliphatic carbocycles. The molecule has 0 atom stereocenters. The van der Waals surface area contributed by atoms with Crippen molar-refractivity contribution in [2.75, 3.05) is 11.9 Å². The maximum absolute atomic E-state index is 12.4. The number of carbonyl (C=O) groups excluding carboxylic acids is 2. The van der Waals surface area contributed by atoms with Gasteiger partial charge >= 0.3 is 0 Å².